The van der Waals surface area contributed by atoms with Crippen molar-refractivity contribution in [3.8, 4) is 5.75 Å². The number of allylic oxidation sites excluding steroid dienone is 1. The molecule has 0 aromatic heterocycles. The fourth-order valence-electron chi connectivity index (χ4n) is 1.06. The quantitative estimate of drug-likeness (QED) is 0.454. The molecule has 0 bridgehead atoms. The smallest absolute Gasteiger partial charge is 0.340 e. The number of halogens is 1. The van der Waals surface area contributed by atoms with Gasteiger partial charge in [-0.15, -0.1) is 0 Å². The van der Waals surface area contributed by atoms with E-state index in [4.69, 9.17) is 16.3 Å². The van der Waals surface area contributed by atoms with E-state index in [9.17, 15) is 4.79 Å². The number of esters is 1. The summed E-state index contributed by atoms with van der Waals surface area (Å²) in [5.74, 6) is 0.0431. The Morgan fingerprint density at radius 3 is 2.56 bits per heavy atom. The second-order valence-corrected chi connectivity index (χ2v) is 3.86. The maximum atomic E-state index is 11.6. The number of para-hydroxylation sites is 1. The van der Waals surface area contributed by atoms with Crippen molar-refractivity contribution in [2.75, 3.05) is 0 Å². The Kier molecular flexibility index (Phi) is 4.32. The predicted molar refractivity (Wildman–Crippen MR) is 66.4 cm³/mol. The summed E-state index contributed by atoms with van der Waals surface area (Å²) in [6.45, 7) is 6.93. The van der Waals surface area contributed by atoms with Crippen LogP contribution in [0.3, 0.4) is 0 Å². The summed E-state index contributed by atoms with van der Waals surface area (Å²) in [5.41, 5.74) is 1.18. The van der Waals surface area contributed by atoms with Crippen molar-refractivity contribution < 1.29 is 9.53 Å². The lowest BCUT2D eigenvalue weighted by atomic mass is 10.2. The Balaban J connectivity index is 2.94. The van der Waals surface area contributed by atoms with Crippen LogP contribution in [0.1, 0.15) is 19.4 Å². The molecular formula is C13H13ClO2. The lowest BCUT2D eigenvalue weighted by Crippen LogP contribution is -2.10. The van der Waals surface area contributed by atoms with Crippen LogP contribution in [0.5, 0.6) is 5.75 Å². The van der Waals surface area contributed by atoms with Crippen LogP contribution in [-0.2, 0) is 4.79 Å². The molecule has 0 radical (unpaired) electrons. The van der Waals surface area contributed by atoms with Crippen molar-refractivity contribution >= 4 is 23.6 Å². The van der Waals surface area contributed by atoms with E-state index in [1.54, 1.807) is 32.1 Å². The third kappa shape index (κ3) is 2.97. The van der Waals surface area contributed by atoms with Gasteiger partial charge in [-0.05, 0) is 19.9 Å². The molecule has 84 valence electrons. The molecule has 16 heavy (non-hydrogen) atoms. The van der Waals surface area contributed by atoms with Crippen molar-refractivity contribution in [3.63, 3.8) is 0 Å². The van der Waals surface area contributed by atoms with Crippen LogP contribution in [0.15, 0.2) is 41.4 Å². The minimum Gasteiger partial charge on any atom is -0.423 e. The molecule has 0 saturated heterocycles. The third-order valence-electron chi connectivity index (χ3n) is 2.16. The van der Waals surface area contributed by atoms with Crippen molar-refractivity contribution in [2.45, 2.75) is 13.8 Å². The van der Waals surface area contributed by atoms with Gasteiger partial charge in [0.1, 0.15) is 5.75 Å². The highest BCUT2D eigenvalue weighted by atomic mass is 35.5. The summed E-state index contributed by atoms with van der Waals surface area (Å²) in [6.07, 6.45) is 1.63. The van der Waals surface area contributed by atoms with Crippen LogP contribution in [0.4, 0.5) is 0 Å². The van der Waals surface area contributed by atoms with Gasteiger partial charge in [0.05, 0.1) is 0 Å². The van der Waals surface area contributed by atoms with Gasteiger partial charge in [-0.2, -0.15) is 0 Å². The molecule has 0 aliphatic heterocycles. The first kappa shape index (κ1) is 12.5. The summed E-state index contributed by atoms with van der Waals surface area (Å²) in [5, 5.41) is 0.432. The summed E-state index contributed by atoms with van der Waals surface area (Å²) < 4.78 is 5.21. The Bertz CT molecular complexity index is 443. The second-order valence-electron chi connectivity index (χ2n) is 3.29. The molecule has 0 N–H and O–H groups in total. The molecular weight excluding hydrogens is 224 g/mol. The van der Waals surface area contributed by atoms with Crippen molar-refractivity contribution in [3.05, 3.63) is 47.0 Å². The molecule has 2 nitrogen and oxygen atoms in total. The molecule has 0 fully saturated rings. The maximum Gasteiger partial charge on any atom is 0.340 e. The average molecular weight is 237 g/mol. The van der Waals surface area contributed by atoms with Gasteiger partial charge in [-0.3, -0.25) is 0 Å². The van der Waals surface area contributed by atoms with Gasteiger partial charge < -0.3 is 4.74 Å². The lowest BCUT2D eigenvalue weighted by molar-refractivity contribution is -0.130. The number of hydrogen-bond donors (Lipinski definition) is 0. The Hall–Kier alpha value is -1.54. The molecule has 0 unspecified atom stereocenters. The molecule has 0 heterocycles. The summed E-state index contributed by atoms with van der Waals surface area (Å²) >= 11 is 5.72. The molecule has 1 rings (SSSR count). The molecule has 0 aliphatic carbocycles. The first-order valence-electron chi connectivity index (χ1n) is 4.83. The van der Waals surface area contributed by atoms with Gasteiger partial charge in [-0.25, -0.2) is 4.79 Å². The topological polar surface area (TPSA) is 26.3 Å². The highest BCUT2D eigenvalue weighted by molar-refractivity contribution is 6.31. The fraction of sp³-hybridized carbons (Fsp3) is 0.154. The first-order chi connectivity index (χ1) is 7.56. The molecule has 0 amide bonds. The van der Waals surface area contributed by atoms with E-state index >= 15 is 0 Å². The van der Waals surface area contributed by atoms with E-state index in [1.807, 2.05) is 12.1 Å². The number of benzene rings is 1. The van der Waals surface area contributed by atoms with E-state index in [0.29, 0.717) is 16.4 Å². The van der Waals surface area contributed by atoms with E-state index in [-0.39, 0.29) is 0 Å². The van der Waals surface area contributed by atoms with Gasteiger partial charge in [0.15, 0.2) is 0 Å². The summed E-state index contributed by atoms with van der Waals surface area (Å²) in [4.78, 5) is 11.6. The Morgan fingerprint density at radius 1 is 1.38 bits per heavy atom. The lowest BCUT2D eigenvalue weighted by Gasteiger charge is -2.07. The standard InChI is InChI=1S/C13H13ClO2/c1-4-11-7-5-6-8-12(11)16-13(15)9(2)10(3)14/h4-8H,1H2,2-3H3/b10-9+. The SMILES string of the molecule is C=Cc1ccccc1OC(=O)/C(C)=C(\C)Cl. The monoisotopic (exact) mass is 236 g/mol. The molecule has 3 heteroatoms. The van der Waals surface area contributed by atoms with E-state index in [0.717, 1.165) is 5.56 Å². The number of ether oxygens (including phenoxy) is 1. The van der Waals surface area contributed by atoms with Gasteiger partial charge in [0.25, 0.3) is 0 Å². The largest absolute Gasteiger partial charge is 0.423 e. The highest BCUT2D eigenvalue weighted by Gasteiger charge is 2.11. The van der Waals surface area contributed by atoms with Crippen LogP contribution >= 0.6 is 11.6 Å². The molecule has 1 aromatic rings. The van der Waals surface area contributed by atoms with Gasteiger partial charge in [0.2, 0.25) is 0 Å². The van der Waals surface area contributed by atoms with E-state index < -0.39 is 5.97 Å². The molecule has 0 atom stereocenters. The first-order valence-corrected chi connectivity index (χ1v) is 5.20. The summed E-state index contributed by atoms with van der Waals surface area (Å²) in [7, 11) is 0. The molecule has 0 spiro atoms. The Labute approximate surface area is 100 Å². The van der Waals surface area contributed by atoms with Crippen LogP contribution in [0.25, 0.3) is 6.08 Å². The fourth-order valence-corrected chi connectivity index (χ4v) is 1.14. The molecule has 0 saturated carbocycles. The van der Waals surface area contributed by atoms with Crippen LogP contribution in [0.2, 0.25) is 0 Å². The van der Waals surface area contributed by atoms with Crippen molar-refractivity contribution in [1.29, 1.82) is 0 Å². The van der Waals surface area contributed by atoms with Crippen LogP contribution < -0.4 is 4.74 Å². The van der Waals surface area contributed by atoms with E-state index in [1.165, 1.54) is 0 Å². The van der Waals surface area contributed by atoms with Gasteiger partial charge in [0, 0.05) is 16.2 Å². The third-order valence-corrected chi connectivity index (χ3v) is 2.45. The summed E-state index contributed by atoms with van der Waals surface area (Å²) in [6, 6.07) is 7.18. The van der Waals surface area contributed by atoms with Crippen molar-refractivity contribution in [2.24, 2.45) is 0 Å². The number of carbonyl (C=O) groups is 1. The zero-order valence-corrected chi connectivity index (χ0v) is 10.0. The minimum atomic E-state index is -0.443. The highest BCUT2D eigenvalue weighted by Crippen LogP contribution is 2.20. The van der Waals surface area contributed by atoms with E-state index in [2.05, 4.69) is 6.58 Å². The zero-order chi connectivity index (χ0) is 12.1. The maximum absolute atomic E-state index is 11.6. The number of carbonyl (C=O) groups excluding carboxylic acids is 1. The normalized spacial score (nSPS) is 11.7. The zero-order valence-electron chi connectivity index (χ0n) is 9.29. The number of hydrogen-bond acceptors (Lipinski definition) is 2. The molecule has 1 aromatic carbocycles. The van der Waals surface area contributed by atoms with Gasteiger partial charge in [-0.1, -0.05) is 42.5 Å². The number of rotatable bonds is 3. The predicted octanol–water partition coefficient (Wildman–Crippen LogP) is 3.77. The second kappa shape index (κ2) is 5.52. The van der Waals surface area contributed by atoms with Gasteiger partial charge >= 0.3 is 5.97 Å². The Morgan fingerprint density at radius 2 is 2.00 bits per heavy atom. The van der Waals surface area contributed by atoms with Crippen LogP contribution in [-0.4, -0.2) is 5.97 Å². The van der Waals surface area contributed by atoms with Crippen molar-refractivity contribution in [1.82, 2.24) is 0 Å². The van der Waals surface area contributed by atoms with Crippen LogP contribution in [0, 0.1) is 0 Å². The minimum absolute atomic E-state index is 0.403. The molecule has 0 aliphatic rings. The average Bonchev–Trinajstić information content (AvgIpc) is 2.28.